The molecule has 0 saturated heterocycles. The Balaban J connectivity index is 1.39. The van der Waals surface area contributed by atoms with Gasteiger partial charge in [-0.25, -0.2) is 0 Å². The van der Waals surface area contributed by atoms with Crippen molar-refractivity contribution < 1.29 is 13.9 Å². The lowest BCUT2D eigenvalue weighted by Crippen LogP contribution is -2.12. The lowest BCUT2D eigenvalue weighted by atomic mass is 10.2. The minimum Gasteiger partial charge on any atom is -0.485 e. The number of halogens is 2. The van der Waals surface area contributed by atoms with E-state index in [2.05, 4.69) is 26.3 Å². The lowest BCUT2D eigenvalue weighted by molar-refractivity contribution is 0.0992. The van der Waals surface area contributed by atoms with Gasteiger partial charge < -0.3 is 14.5 Å². The summed E-state index contributed by atoms with van der Waals surface area (Å²) >= 11 is 9.65. The number of carbonyl (C=O) groups is 1. The van der Waals surface area contributed by atoms with E-state index in [9.17, 15) is 4.79 Å². The number of anilines is 1. The summed E-state index contributed by atoms with van der Waals surface area (Å²) in [5.74, 6) is 1.50. The number of nitrogens with zero attached hydrogens (tertiary/aromatic N) is 2. The number of ether oxygens (including phenoxy) is 1. The van der Waals surface area contributed by atoms with Gasteiger partial charge in [0.05, 0.1) is 11.0 Å². The van der Waals surface area contributed by atoms with E-state index in [4.69, 9.17) is 20.8 Å². The lowest BCUT2D eigenvalue weighted by Gasteiger charge is -2.06. The van der Waals surface area contributed by atoms with Crippen molar-refractivity contribution >= 4 is 39.3 Å². The van der Waals surface area contributed by atoms with Crippen LogP contribution in [0.1, 0.15) is 27.4 Å². The van der Waals surface area contributed by atoms with Gasteiger partial charge >= 0.3 is 0 Å². The van der Waals surface area contributed by atoms with Crippen LogP contribution in [0.4, 0.5) is 5.82 Å². The Morgan fingerprint density at radius 1 is 1.16 bits per heavy atom. The molecule has 158 valence electrons. The fourth-order valence-electron chi connectivity index (χ4n) is 2.98. The van der Waals surface area contributed by atoms with Crippen LogP contribution in [0.25, 0.3) is 0 Å². The van der Waals surface area contributed by atoms with Crippen LogP contribution < -0.4 is 10.1 Å². The summed E-state index contributed by atoms with van der Waals surface area (Å²) in [7, 11) is 0. The predicted molar refractivity (Wildman–Crippen MR) is 123 cm³/mol. The van der Waals surface area contributed by atoms with Gasteiger partial charge in [-0.2, -0.15) is 5.10 Å². The van der Waals surface area contributed by atoms with Crippen LogP contribution in [0, 0.1) is 6.92 Å². The largest absolute Gasteiger partial charge is 0.485 e. The number of furan rings is 1. The molecule has 0 bridgehead atoms. The summed E-state index contributed by atoms with van der Waals surface area (Å²) in [5, 5.41) is 7.84. The third-order valence-corrected chi connectivity index (χ3v) is 5.54. The van der Waals surface area contributed by atoms with Crippen LogP contribution in [-0.4, -0.2) is 15.7 Å². The molecule has 8 heteroatoms. The van der Waals surface area contributed by atoms with Crippen LogP contribution in [0.2, 0.25) is 5.02 Å². The zero-order valence-corrected chi connectivity index (χ0v) is 19.0. The van der Waals surface area contributed by atoms with Crippen LogP contribution >= 0.6 is 27.5 Å². The molecule has 4 rings (SSSR count). The van der Waals surface area contributed by atoms with Crippen molar-refractivity contribution in [1.82, 2.24) is 9.78 Å². The first kappa shape index (κ1) is 21.2. The van der Waals surface area contributed by atoms with Crippen molar-refractivity contribution in [3.63, 3.8) is 0 Å². The Morgan fingerprint density at radius 3 is 2.74 bits per heavy atom. The molecule has 4 aromatic rings. The van der Waals surface area contributed by atoms with Gasteiger partial charge in [-0.05, 0) is 58.2 Å². The average Bonchev–Trinajstić information content (AvgIpc) is 3.36. The molecule has 1 N–H and O–H groups in total. The van der Waals surface area contributed by atoms with Gasteiger partial charge in [0.2, 0.25) is 0 Å². The molecule has 1 amide bonds. The van der Waals surface area contributed by atoms with E-state index in [1.807, 2.05) is 55.5 Å². The predicted octanol–water partition coefficient (Wildman–Crippen LogP) is 6.08. The van der Waals surface area contributed by atoms with Gasteiger partial charge in [0, 0.05) is 11.2 Å². The van der Waals surface area contributed by atoms with Gasteiger partial charge in [0.15, 0.2) is 11.6 Å². The standard InChI is InChI=1S/C23H19BrClN3O3/c1-15-6-2-5-9-20(15)30-14-17-10-11-21(31-17)23(29)26-22-18(24)13-28(27-22)12-16-7-3-4-8-19(16)25/h2-11,13H,12,14H2,1H3,(H,26,27,29). The minimum atomic E-state index is -0.397. The topological polar surface area (TPSA) is 69.3 Å². The van der Waals surface area contributed by atoms with E-state index in [0.29, 0.717) is 27.6 Å². The molecule has 0 aliphatic rings. The molecule has 0 spiro atoms. The van der Waals surface area contributed by atoms with Crippen LogP contribution in [0.5, 0.6) is 5.75 Å². The highest BCUT2D eigenvalue weighted by molar-refractivity contribution is 9.10. The molecular weight excluding hydrogens is 482 g/mol. The van der Waals surface area contributed by atoms with E-state index in [0.717, 1.165) is 16.9 Å². The van der Waals surface area contributed by atoms with E-state index < -0.39 is 5.91 Å². The van der Waals surface area contributed by atoms with Gasteiger partial charge in [0.1, 0.15) is 18.1 Å². The fraction of sp³-hybridized carbons (Fsp3) is 0.130. The maximum Gasteiger partial charge on any atom is 0.292 e. The monoisotopic (exact) mass is 499 g/mol. The summed E-state index contributed by atoms with van der Waals surface area (Å²) in [6, 6.07) is 18.6. The number of amides is 1. The van der Waals surface area contributed by atoms with Gasteiger partial charge in [-0.15, -0.1) is 0 Å². The van der Waals surface area contributed by atoms with Crippen molar-refractivity contribution in [2.45, 2.75) is 20.1 Å². The Hall–Kier alpha value is -3.03. The maximum absolute atomic E-state index is 12.6. The number of carbonyl (C=O) groups excluding carboxylic acids is 1. The molecule has 0 atom stereocenters. The van der Waals surface area contributed by atoms with Crippen molar-refractivity contribution in [3.8, 4) is 5.75 Å². The van der Waals surface area contributed by atoms with E-state index in [-0.39, 0.29) is 12.4 Å². The highest BCUT2D eigenvalue weighted by atomic mass is 79.9. The molecule has 0 aliphatic heterocycles. The highest BCUT2D eigenvalue weighted by Gasteiger charge is 2.16. The van der Waals surface area contributed by atoms with E-state index in [1.165, 1.54) is 0 Å². The Labute approximate surface area is 192 Å². The quantitative estimate of drug-likeness (QED) is 0.334. The van der Waals surface area contributed by atoms with Crippen molar-refractivity contribution in [1.29, 1.82) is 0 Å². The maximum atomic E-state index is 12.6. The minimum absolute atomic E-state index is 0.177. The molecule has 0 aliphatic carbocycles. The number of aromatic nitrogens is 2. The van der Waals surface area contributed by atoms with Crippen LogP contribution in [0.15, 0.2) is 75.8 Å². The zero-order valence-electron chi connectivity index (χ0n) is 16.6. The number of benzene rings is 2. The van der Waals surface area contributed by atoms with Gasteiger partial charge in [0.25, 0.3) is 5.91 Å². The van der Waals surface area contributed by atoms with E-state index in [1.54, 1.807) is 23.0 Å². The number of nitrogens with one attached hydrogen (secondary N) is 1. The third-order valence-electron chi connectivity index (χ3n) is 4.59. The number of rotatable bonds is 7. The molecule has 0 unspecified atom stereocenters. The second kappa shape index (κ2) is 9.41. The van der Waals surface area contributed by atoms with Crippen LogP contribution in [-0.2, 0) is 13.2 Å². The summed E-state index contributed by atoms with van der Waals surface area (Å²) in [6.45, 7) is 2.68. The fourth-order valence-corrected chi connectivity index (χ4v) is 3.59. The van der Waals surface area contributed by atoms with E-state index >= 15 is 0 Å². The van der Waals surface area contributed by atoms with Crippen LogP contribution in [0.3, 0.4) is 0 Å². The van der Waals surface area contributed by atoms with Crippen molar-refractivity contribution in [2.75, 3.05) is 5.32 Å². The Bertz CT molecular complexity index is 1220. The molecule has 0 saturated carbocycles. The molecule has 2 aromatic carbocycles. The second-order valence-corrected chi connectivity index (χ2v) is 8.15. The SMILES string of the molecule is Cc1ccccc1OCc1ccc(C(=O)Nc2nn(Cc3ccccc3Cl)cc2Br)o1. The normalized spacial score (nSPS) is 10.8. The van der Waals surface area contributed by atoms with Gasteiger partial charge in [-0.1, -0.05) is 48.0 Å². The number of para-hydroxylation sites is 1. The number of aryl methyl sites for hydroxylation is 1. The average molecular weight is 501 g/mol. The molecule has 31 heavy (non-hydrogen) atoms. The second-order valence-electron chi connectivity index (χ2n) is 6.89. The molecule has 0 fully saturated rings. The Kier molecular flexibility index (Phi) is 6.44. The number of hydrogen-bond acceptors (Lipinski definition) is 4. The summed E-state index contributed by atoms with van der Waals surface area (Å²) < 4.78 is 13.8. The molecule has 2 aromatic heterocycles. The summed E-state index contributed by atoms with van der Waals surface area (Å²) in [5.41, 5.74) is 1.96. The first-order valence-corrected chi connectivity index (χ1v) is 10.7. The summed E-state index contributed by atoms with van der Waals surface area (Å²) in [6.07, 6.45) is 1.78. The number of hydrogen-bond donors (Lipinski definition) is 1. The summed E-state index contributed by atoms with van der Waals surface area (Å²) in [4.78, 5) is 12.6. The molecule has 6 nitrogen and oxygen atoms in total. The third kappa shape index (κ3) is 5.18. The van der Waals surface area contributed by atoms with Crippen molar-refractivity contribution in [2.24, 2.45) is 0 Å². The highest BCUT2D eigenvalue weighted by Crippen LogP contribution is 2.24. The van der Waals surface area contributed by atoms with Crippen molar-refractivity contribution in [3.05, 3.63) is 99.0 Å². The first-order valence-electron chi connectivity index (χ1n) is 9.54. The smallest absolute Gasteiger partial charge is 0.292 e. The molecular formula is C23H19BrClN3O3. The first-order chi connectivity index (χ1) is 15.0. The molecule has 2 heterocycles. The van der Waals surface area contributed by atoms with Gasteiger partial charge in [-0.3, -0.25) is 9.48 Å². The molecule has 0 radical (unpaired) electrons. The Morgan fingerprint density at radius 2 is 1.94 bits per heavy atom. The zero-order chi connectivity index (χ0) is 21.8.